The smallest absolute Gasteiger partial charge is 0.115 e. The number of aliphatic hydroxyl groups excluding tert-OH is 2. The molecule has 1 saturated heterocycles. The summed E-state index contributed by atoms with van der Waals surface area (Å²) >= 11 is 0. The maximum Gasteiger partial charge on any atom is 0.115 e. The third kappa shape index (κ3) is 3.98. The van der Waals surface area contributed by atoms with Crippen LogP contribution in [0.1, 0.15) is 18.4 Å². The van der Waals surface area contributed by atoms with Crippen molar-refractivity contribution in [3.8, 4) is 5.75 Å². The standard InChI is InChI=1S/C14H21NO3/c16-12-3-1-11(2-4-12)9-14(18)10-15-7-5-13(17)6-8-15/h1-4,13-14,16-18H,5-10H2. The van der Waals surface area contributed by atoms with Gasteiger partial charge in [-0.2, -0.15) is 0 Å². The highest BCUT2D eigenvalue weighted by Crippen LogP contribution is 2.14. The van der Waals surface area contributed by atoms with Gasteiger partial charge in [-0.1, -0.05) is 12.1 Å². The number of phenols is 1. The minimum atomic E-state index is -0.398. The van der Waals surface area contributed by atoms with Gasteiger partial charge in [0, 0.05) is 19.6 Å². The van der Waals surface area contributed by atoms with Gasteiger partial charge in [0.15, 0.2) is 0 Å². The van der Waals surface area contributed by atoms with Crippen molar-refractivity contribution >= 4 is 0 Å². The summed E-state index contributed by atoms with van der Waals surface area (Å²) in [5.41, 5.74) is 1.03. The van der Waals surface area contributed by atoms with Gasteiger partial charge >= 0.3 is 0 Å². The van der Waals surface area contributed by atoms with Crippen LogP contribution >= 0.6 is 0 Å². The number of phenolic OH excluding ortho intramolecular Hbond substituents is 1. The van der Waals surface area contributed by atoms with E-state index in [1.165, 1.54) is 0 Å². The van der Waals surface area contributed by atoms with E-state index in [0.717, 1.165) is 31.5 Å². The van der Waals surface area contributed by atoms with Gasteiger partial charge in [-0.15, -0.1) is 0 Å². The van der Waals surface area contributed by atoms with E-state index in [1.54, 1.807) is 12.1 Å². The van der Waals surface area contributed by atoms with Crippen molar-refractivity contribution < 1.29 is 15.3 Å². The second-order valence-electron chi connectivity index (χ2n) is 5.06. The Kier molecular flexibility index (Phi) is 4.58. The van der Waals surface area contributed by atoms with Crippen molar-refractivity contribution in [3.05, 3.63) is 29.8 Å². The van der Waals surface area contributed by atoms with Gasteiger partial charge in [-0.3, -0.25) is 0 Å². The molecule has 18 heavy (non-hydrogen) atoms. The Bertz CT molecular complexity index is 358. The quantitative estimate of drug-likeness (QED) is 0.739. The second kappa shape index (κ2) is 6.18. The molecule has 0 spiro atoms. The number of likely N-dealkylation sites (tertiary alicyclic amines) is 1. The van der Waals surface area contributed by atoms with E-state index in [4.69, 9.17) is 0 Å². The topological polar surface area (TPSA) is 63.9 Å². The van der Waals surface area contributed by atoms with E-state index in [1.807, 2.05) is 12.1 Å². The second-order valence-corrected chi connectivity index (χ2v) is 5.06. The predicted molar refractivity (Wildman–Crippen MR) is 69.5 cm³/mol. The molecule has 1 aliphatic rings. The molecule has 1 fully saturated rings. The van der Waals surface area contributed by atoms with Gasteiger partial charge in [0.05, 0.1) is 12.2 Å². The summed E-state index contributed by atoms with van der Waals surface area (Å²) < 4.78 is 0. The monoisotopic (exact) mass is 251 g/mol. The summed E-state index contributed by atoms with van der Waals surface area (Å²) in [4.78, 5) is 2.19. The molecule has 0 amide bonds. The molecule has 1 aromatic carbocycles. The first-order chi connectivity index (χ1) is 8.63. The van der Waals surface area contributed by atoms with E-state index < -0.39 is 6.10 Å². The molecule has 0 radical (unpaired) electrons. The molecule has 2 rings (SSSR count). The minimum Gasteiger partial charge on any atom is -0.508 e. The fourth-order valence-electron chi connectivity index (χ4n) is 2.37. The van der Waals surface area contributed by atoms with E-state index >= 15 is 0 Å². The zero-order chi connectivity index (χ0) is 13.0. The van der Waals surface area contributed by atoms with Gasteiger partial charge in [-0.05, 0) is 37.0 Å². The molecule has 1 unspecified atom stereocenters. The molecule has 1 heterocycles. The molecule has 4 heteroatoms. The molecule has 4 nitrogen and oxygen atoms in total. The van der Waals surface area contributed by atoms with Gasteiger partial charge in [0.2, 0.25) is 0 Å². The van der Waals surface area contributed by atoms with Gasteiger partial charge in [-0.25, -0.2) is 0 Å². The van der Waals surface area contributed by atoms with Crippen LogP contribution in [0.25, 0.3) is 0 Å². The van der Waals surface area contributed by atoms with Crippen LogP contribution in [0.3, 0.4) is 0 Å². The molecule has 3 N–H and O–H groups in total. The Morgan fingerprint density at radius 1 is 1.17 bits per heavy atom. The maximum atomic E-state index is 10.0. The Labute approximate surface area is 107 Å². The third-order valence-corrected chi connectivity index (χ3v) is 3.43. The summed E-state index contributed by atoms with van der Waals surface area (Å²) in [6.07, 6.45) is 1.62. The van der Waals surface area contributed by atoms with Crippen LogP contribution in [-0.2, 0) is 6.42 Å². The van der Waals surface area contributed by atoms with Crippen molar-refractivity contribution in [3.63, 3.8) is 0 Å². The highest BCUT2D eigenvalue weighted by atomic mass is 16.3. The van der Waals surface area contributed by atoms with Crippen LogP contribution in [0.15, 0.2) is 24.3 Å². The van der Waals surface area contributed by atoms with Crippen LogP contribution in [0.4, 0.5) is 0 Å². The lowest BCUT2D eigenvalue weighted by Gasteiger charge is -2.31. The molecular formula is C14H21NO3. The number of benzene rings is 1. The first-order valence-electron chi connectivity index (χ1n) is 6.50. The Morgan fingerprint density at radius 3 is 2.39 bits per heavy atom. The fourth-order valence-corrected chi connectivity index (χ4v) is 2.37. The largest absolute Gasteiger partial charge is 0.508 e. The number of aromatic hydroxyl groups is 1. The average Bonchev–Trinajstić information content (AvgIpc) is 2.35. The summed E-state index contributed by atoms with van der Waals surface area (Å²) in [5, 5.41) is 28.6. The van der Waals surface area contributed by atoms with E-state index in [2.05, 4.69) is 4.90 Å². The number of hydrogen-bond donors (Lipinski definition) is 3. The molecule has 1 aliphatic heterocycles. The Hall–Kier alpha value is -1.10. The van der Waals surface area contributed by atoms with Crippen LogP contribution in [-0.4, -0.2) is 52.1 Å². The minimum absolute atomic E-state index is 0.171. The molecule has 0 bridgehead atoms. The van der Waals surface area contributed by atoms with Crippen LogP contribution < -0.4 is 0 Å². The molecule has 0 saturated carbocycles. The van der Waals surface area contributed by atoms with Crippen molar-refractivity contribution in [1.82, 2.24) is 4.90 Å². The summed E-state index contributed by atoms with van der Waals surface area (Å²) in [6, 6.07) is 6.94. The lowest BCUT2D eigenvalue weighted by Crippen LogP contribution is -2.40. The highest BCUT2D eigenvalue weighted by Gasteiger charge is 2.19. The van der Waals surface area contributed by atoms with Gasteiger partial charge < -0.3 is 20.2 Å². The summed E-state index contributed by atoms with van der Waals surface area (Å²) in [7, 11) is 0. The van der Waals surface area contributed by atoms with Crippen LogP contribution in [0.2, 0.25) is 0 Å². The molecule has 100 valence electrons. The lowest BCUT2D eigenvalue weighted by atomic mass is 10.0. The lowest BCUT2D eigenvalue weighted by molar-refractivity contribution is 0.0512. The van der Waals surface area contributed by atoms with Gasteiger partial charge in [0.25, 0.3) is 0 Å². The zero-order valence-electron chi connectivity index (χ0n) is 10.5. The van der Waals surface area contributed by atoms with Crippen molar-refractivity contribution in [2.75, 3.05) is 19.6 Å². The molecule has 1 aromatic rings. The van der Waals surface area contributed by atoms with Gasteiger partial charge in [0.1, 0.15) is 5.75 Å². The fraction of sp³-hybridized carbons (Fsp3) is 0.571. The zero-order valence-corrected chi connectivity index (χ0v) is 10.5. The number of β-amino-alcohol motifs (C(OH)–C–C–N with tert-alkyl or cyclic N) is 1. The third-order valence-electron chi connectivity index (χ3n) is 3.43. The number of aliphatic hydroxyl groups is 2. The molecule has 1 atom stereocenters. The number of hydrogen-bond acceptors (Lipinski definition) is 4. The molecular weight excluding hydrogens is 230 g/mol. The SMILES string of the molecule is Oc1ccc(CC(O)CN2CCC(O)CC2)cc1. The normalized spacial score (nSPS) is 19.9. The molecule has 0 aromatic heterocycles. The van der Waals surface area contributed by atoms with Crippen molar-refractivity contribution in [2.24, 2.45) is 0 Å². The number of piperidine rings is 1. The average molecular weight is 251 g/mol. The highest BCUT2D eigenvalue weighted by molar-refractivity contribution is 5.26. The first kappa shape index (κ1) is 13.3. The van der Waals surface area contributed by atoms with Crippen molar-refractivity contribution in [1.29, 1.82) is 0 Å². The summed E-state index contributed by atoms with van der Waals surface area (Å²) in [5.74, 6) is 0.248. The Morgan fingerprint density at radius 2 is 1.78 bits per heavy atom. The predicted octanol–water partition coefficient (Wildman–Crippen LogP) is 0.752. The van der Waals surface area contributed by atoms with Crippen LogP contribution in [0, 0.1) is 0 Å². The van der Waals surface area contributed by atoms with Crippen LogP contribution in [0.5, 0.6) is 5.75 Å². The van der Waals surface area contributed by atoms with E-state index in [9.17, 15) is 15.3 Å². The van der Waals surface area contributed by atoms with E-state index in [-0.39, 0.29) is 11.9 Å². The molecule has 0 aliphatic carbocycles. The Balaban J connectivity index is 1.78. The maximum absolute atomic E-state index is 10.0. The summed E-state index contributed by atoms with van der Waals surface area (Å²) in [6.45, 7) is 2.36. The van der Waals surface area contributed by atoms with Crippen molar-refractivity contribution in [2.45, 2.75) is 31.5 Å². The van der Waals surface area contributed by atoms with E-state index in [0.29, 0.717) is 13.0 Å². The first-order valence-corrected chi connectivity index (χ1v) is 6.50. The number of nitrogens with zero attached hydrogens (tertiary/aromatic N) is 1. The number of rotatable bonds is 4.